The predicted octanol–water partition coefficient (Wildman–Crippen LogP) is 3.60. The van der Waals surface area contributed by atoms with Gasteiger partial charge in [-0.3, -0.25) is 4.79 Å². The van der Waals surface area contributed by atoms with E-state index in [9.17, 15) is 4.79 Å². The van der Waals surface area contributed by atoms with E-state index in [1.54, 1.807) is 0 Å². The SMILES string of the molecule is CC(C)Cc1cc(CNC(=O)CCc2c[nH]c3ccccc23)on1. The average Bonchev–Trinajstić information content (AvgIpc) is 3.17. The number of hydrogen-bond donors (Lipinski definition) is 2. The maximum atomic E-state index is 12.0. The van der Waals surface area contributed by atoms with E-state index in [4.69, 9.17) is 4.52 Å². The van der Waals surface area contributed by atoms with Gasteiger partial charge in [0.05, 0.1) is 12.2 Å². The minimum Gasteiger partial charge on any atom is -0.361 e. The smallest absolute Gasteiger partial charge is 0.220 e. The molecule has 0 atom stereocenters. The van der Waals surface area contributed by atoms with Gasteiger partial charge in [0.2, 0.25) is 5.91 Å². The number of aromatic nitrogens is 2. The Morgan fingerprint density at radius 1 is 1.33 bits per heavy atom. The Morgan fingerprint density at radius 2 is 2.17 bits per heavy atom. The number of fused-ring (bicyclic) bond motifs is 1. The highest BCUT2D eigenvalue weighted by Gasteiger charge is 2.09. The lowest BCUT2D eigenvalue weighted by atomic mass is 10.1. The molecule has 0 bridgehead atoms. The van der Waals surface area contributed by atoms with E-state index < -0.39 is 0 Å². The highest BCUT2D eigenvalue weighted by Crippen LogP contribution is 2.18. The molecule has 0 aliphatic heterocycles. The van der Waals surface area contributed by atoms with Crippen LogP contribution in [-0.4, -0.2) is 16.0 Å². The molecule has 0 fully saturated rings. The van der Waals surface area contributed by atoms with Gasteiger partial charge in [-0.2, -0.15) is 0 Å². The number of nitrogens with one attached hydrogen (secondary N) is 2. The van der Waals surface area contributed by atoms with Crippen LogP contribution in [0.5, 0.6) is 0 Å². The second-order valence-corrected chi connectivity index (χ2v) is 6.52. The molecule has 3 rings (SSSR count). The number of aromatic amines is 1. The number of aryl methyl sites for hydroxylation is 1. The maximum Gasteiger partial charge on any atom is 0.220 e. The third kappa shape index (κ3) is 4.04. The number of H-pyrrole nitrogens is 1. The second-order valence-electron chi connectivity index (χ2n) is 6.52. The van der Waals surface area contributed by atoms with E-state index in [0.717, 1.165) is 17.6 Å². The molecule has 0 saturated heterocycles. The fourth-order valence-corrected chi connectivity index (χ4v) is 2.81. The molecule has 2 N–H and O–H groups in total. The Bertz CT molecular complexity index is 817. The van der Waals surface area contributed by atoms with Gasteiger partial charge in [0.25, 0.3) is 0 Å². The van der Waals surface area contributed by atoms with E-state index >= 15 is 0 Å². The molecule has 0 spiro atoms. The summed E-state index contributed by atoms with van der Waals surface area (Å²) in [5, 5.41) is 8.10. The molecule has 0 aliphatic carbocycles. The van der Waals surface area contributed by atoms with E-state index in [1.165, 1.54) is 10.9 Å². The van der Waals surface area contributed by atoms with Crippen LogP contribution < -0.4 is 5.32 Å². The minimum atomic E-state index is 0.0158. The van der Waals surface area contributed by atoms with Crippen LogP contribution in [0.4, 0.5) is 0 Å². The van der Waals surface area contributed by atoms with Crippen molar-refractivity contribution in [3.8, 4) is 0 Å². The normalized spacial score (nSPS) is 11.3. The summed E-state index contributed by atoms with van der Waals surface area (Å²) in [6, 6.07) is 10.0. The zero-order chi connectivity index (χ0) is 16.9. The van der Waals surface area contributed by atoms with Gasteiger partial charge in [-0.25, -0.2) is 0 Å². The van der Waals surface area contributed by atoms with Crippen molar-refractivity contribution in [3.05, 3.63) is 53.5 Å². The fraction of sp³-hybridized carbons (Fsp3) is 0.368. The lowest BCUT2D eigenvalue weighted by Gasteiger charge is -2.02. The molecule has 5 nitrogen and oxygen atoms in total. The largest absolute Gasteiger partial charge is 0.361 e. The lowest BCUT2D eigenvalue weighted by Crippen LogP contribution is -2.22. The quantitative estimate of drug-likeness (QED) is 0.697. The number of benzene rings is 1. The molecule has 0 radical (unpaired) electrons. The standard InChI is InChI=1S/C19H23N3O2/c1-13(2)9-15-10-16(24-22-15)12-21-19(23)8-7-14-11-20-18-6-4-3-5-17(14)18/h3-6,10-11,13,20H,7-9,12H2,1-2H3,(H,21,23). The van der Waals surface area contributed by atoms with E-state index in [1.807, 2.05) is 30.5 Å². The number of amides is 1. The third-order valence-corrected chi connectivity index (χ3v) is 3.98. The molecular formula is C19H23N3O2. The molecule has 3 aromatic rings. The average molecular weight is 325 g/mol. The molecule has 0 unspecified atom stereocenters. The van der Waals surface area contributed by atoms with Crippen molar-refractivity contribution in [1.82, 2.24) is 15.5 Å². The second kappa shape index (κ2) is 7.34. The molecule has 2 aromatic heterocycles. The summed E-state index contributed by atoms with van der Waals surface area (Å²) < 4.78 is 5.25. The summed E-state index contributed by atoms with van der Waals surface area (Å²) in [6.45, 7) is 4.67. The molecule has 0 aliphatic rings. The van der Waals surface area contributed by atoms with Crippen molar-refractivity contribution in [1.29, 1.82) is 0 Å². The summed E-state index contributed by atoms with van der Waals surface area (Å²) in [7, 11) is 0. The van der Waals surface area contributed by atoms with E-state index in [2.05, 4.69) is 35.4 Å². The molecule has 126 valence electrons. The van der Waals surface area contributed by atoms with Crippen molar-refractivity contribution in [3.63, 3.8) is 0 Å². The summed E-state index contributed by atoms with van der Waals surface area (Å²) in [5.41, 5.74) is 3.21. The van der Waals surface area contributed by atoms with Crippen LogP contribution in [0.1, 0.15) is 37.3 Å². The van der Waals surface area contributed by atoms with Gasteiger partial charge < -0.3 is 14.8 Å². The number of rotatable bonds is 7. The molecule has 24 heavy (non-hydrogen) atoms. The van der Waals surface area contributed by atoms with Crippen molar-refractivity contribution in [2.45, 2.75) is 39.7 Å². The Morgan fingerprint density at radius 3 is 3.00 bits per heavy atom. The van der Waals surface area contributed by atoms with Gasteiger partial charge in [0.15, 0.2) is 5.76 Å². The van der Waals surface area contributed by atoms with Gasteiger partial charge in [-0.05, 0) is 30.4 Å². The first-order valence-electron chi connectivity index (χ1n) is 8.38. The maximum absolute atomic E-state index is 12.0. The highest BCUT2D eigenvalue weighted by atomic mass is 16.5. The molecule has 5 heteroatoms. The van der Waals surface area contributed by atoms with Gasteiger partial charge in [0.1, 0.15) is 0 Å². The van der Waals surface area contributed by atoms with Gasteiger partial charge in [0, 0.05) is 29.6 Å². The number of carbonyl (C=O) groups is 1. The van der Waals surface area contributed by atoms with Crippen LogP contribution in [0, 0.1) is 5.92 Å². The Balaban J connectivity index is 1.48. The Hall–Kier alpha value is -2.56. The van der Waals surface area contributed by atoms with Crippen LogP contribution in [-0.2, 0) is 24.2 Å². The summed E-state index contributed by atoms with van der Waals surface area (Å²) in [6.07, 6.45) is 4.03. The molecule has 1 amide bonds. The van der Waals surface area contributed by atoms with Crippen molar-refractivity contribution < 1.29 is 9.32 Å². The first-order valence-corrected chi connectivity index (χ1v) is 8.38. The molecule has 2 heterocycles. The molecule has 1 aromatic carbocycles. The van der Waals surface area contributed by atoms with Gasteiger partial charge in [-0.1, -0.05) is 37.2 Å². The topological polar surface area (TPSA) is 70.9 Å². The highest BCUT2D eigenvalue weighted by molar-refractivity contribution is 5.84. The van der Waals surface area contributed by atoms with Crippen molar-refractivity contribution >= 4 is 16.8 Å². The van der Waals surface area contributed by atoms with E-state index in [0.29, 0.717) is 31.1 Å². The zero-order valence-electron chi connectivity index (χ0n) is 14.1. The number of carbonyl (C=O) groups excluding carboxylic acids is 1. The molecular weight excluding hydrogens is 302 g/mol. The van der Waals surface area contributed by atoms with Crippen molar-refractivity contribution in [2.24, 2.45) is 5.92 Å². The van der Waals surface area contributed by atoms with Gasteiger partial charge in [-0.15, -0.1) is 0 Å². The predicted molar refractivity (Wildman–Crippen MR) is 93.5 cm³/mol. The summed E-state index contributed by atoms with van der Waals surface area (Å²) in [5.74, 6) is 1.25. The van der Waals surface area contributed by atoms with Crippen LogP contribution in [0.15, 0.2) is 41.1 Å². The lowest BCUT2D eigenvalue weighted by molar-refractivity contribution is -0.121. The Kier molecular flexibility index (Phi) is 4.99. The third-order valence-electron chi connectivity index (χ3n) is 3.98. The summed E-state index contributed by atoms with van der Waals surface area (Å²) >= 11 is 0. The number of hydrogen-bond acceptors (Lipinski definition) is 3. The molecule has 0 saturated carbocycles. The first kappa shape index (κ1) is 16.3. The van der Waals surface area contributed by atoms with Crippen LogP contribution in [0.2, 0.25) is 0 Å². The van der Waals surface area contributed by atoms with Crippen LogP contribution >= 0.6 is 0 Å². The van der Waals surface area contributed by atoms with Gasteiger partial charge >= 0.3 is 0 Å². The first-order chi connectivity index (χ1) is 11.6. The fourth-order valence-electron chi connectivity index (χ4n) is 2.81. The number of nitrogens with zero attached hydrogens (tertiary/aromatic N) is 1. The monoisotopic (exact) mass is 325 g/mol. The number of para-hydroxylation sites is 1. The van der Waals surface area contributed by atoms with Crippen LogP contribution in [0.25, 0.3) is 10.9 Å². The zero-order valence-corrected chi connectivity index (χ0v) is 14.1. The minimum absolute atomic E-state index is 0.0158. The van der Waals surface area contributed by atoms with Crippen LogP contribution in [0.3, 0.4) is 0 Å². The van der Waals surface area contributed by atoms with Crippen molar-refractivity contribution in [2.75, 3.05) is 0 Å². The summed E-state index contributed by atoms with van der Waals surface area (Å²) in [4.78, 5) is 15.3. The Labute approximate surface area is 141 Å². The van der Waals surface area contributed by atoms with E-state index in [-0.39, 0.29) is 5.91 Å².